The van der Waals surface area contributed by atoms with Gasteiger partial charge in [0.05, 0.1) is 17.6 Å². The average molecular weight is 285 g/mol. The second-order valence-corrected chi connectivity index (χ2v) is 6.67. The van der Waals surface area contributed by atoms with Crippen LogP contribution in [0, 0.1) is 6.92 Å². The summed E-state index contributed by atoms with van der Waals surface area (Å²) >= 11 is 0. The molecule has 0 bridgehead atoms. The highest BCUT2D eigenvalue weighted by atomic mass is 32.2. The number of hydrogen-bond donors (Lipinski definition) is 1. The Hall–Kier alpha value is -0.950. The van der Waals surface area contributed by atoms with E-state index in [1.807, 2.05) is 0 Å². The first-order valence-electron chi connectivity index (χ1n) is 6.22. The van der Waals surface area contributed by atoms with Crippen LogP contribution in [0.1, 0.15) is 17.5 Å². The zero-order valence-electron chi connectivity index (χ0n) is 11.2. The maximum atomic E-state index is 12.6. The molecule has 1 aromatic carbocycles. The number of aliphatic hydroxyl groups excluding tert-OH is 1. The lowest BCUT2D eigenvalue weighted by molar-refractivity contribution is 0.115. The second kappa shape index (κ2) is 5.58. The molecular weight excluding hydrogens is 266 g/mol. The molecule has 0 aromatic heterocycles. The molecule has 19 heavy (non-hydrogen) atoms. The Morgan fingerprint density at radius 1 is 1.47 bits per heavy atom. The third kappa shape index (κ3) is 2.81. The van der Waals surface area contributed by atoms with E-state index in [0.717, 1.165) is 0 Å². The van der Waals surface area contributed by atoms with Crippen LogP contribution >= 0.6 is 0 Å². The molecule has 1 aromatic rings. The van der Waals surface area contributed by atoms with E-state index < -0.39 is 10.0 Å². The molecular formula is C13H19NO4S. The fourth-order valence-corrected chi connectivity index (χ4v) is 4.03. The zero-order chi connectivity index (χ0) is 14.0. The van der Waals surface area contributed by atoms with Gasteiger partial charge in [-0.1, -0.05) is 12.1 Å². The van der Waals surface area contributed by atoms with E-state index >= 15 is 0 Å². The Kier molecular flexibility index (Phi) is 4.25. The number of nitrogens with zero attached hydrogens (tertiary/aromatic N) is 1. The Balaban J connectivity index is 2.34. The molecule has 1 heterocycles. The summed E-state index contributed by atoms with van der Waals surface area (Å²) in [5, 5.41) is 9.14. The first-order valence-corrected chi connectivity index (χ1v) is 7.66. The number of rotatable bonds is 4. The SMILES string of the molecule is COC1CCN(S(=O)(=O)c2cc(CO)ccc2C)C1. The first kappa shape index (κ1) is 14.5. The van der Waals surface area contributed by atoms with Crippen molar-refractivity contribution in [2.75, 3.05) is 20.2 Å². The van der Waals surface area contributed by atoms with Gasteiger partial charge in [-0.2, -0.15) is 4.31 Å². The molecule has 0 aliphatic carbocycles. The largest absolute Gasteiger partial charge is 0.392 e. The van der Waals surface area contributed by atoms with Crippen LogP contribution in [0.25, 0.3) is 0 Å². The van der Waals surface area contributed by atoms with Gasteiger partial charge in [0.25, 0.3) is 0 Å². The Labute approximate surface area is 113 Å². The molecule has 1 aliphatic heterocycles. The maximum absolute atomic E-state index is 12.6. The van der Waals surface area contributed by atoms with Crippen LogP contribution in [-0.2, 0) is 21.4 Å². The van der Waals surface area contributed by atoms with Gasteiger partial charge in [0.15, 0.2) is 0 Å². The van der Waals surface area contributed by atoms with Crippen LogP contribution in [0.2, 0.25) is 0 Å². The fraction of sp³-hybridized carbons (Fsp3) is 0.538. The molecule has 6 heteroatoms. The molecule has 5 nitrogen and oxygen atoms in total. The van der Waals surface area contributed by atoms with Crippen LogP contribution < -0.4 is 0 Å². The molecule has 106 valence electrons. The molecule has 0 radical (unpaired) electrons. The van der Waals surface area contributed by atoms with Crippen molar-refractivity contribution in [1.29, 1.82) is 0 Å². The van der Waals surface area contributed by atoms with Gasteiger partial charge in [-0.25, -0.2) is 8.42 Å². The van der Waals surface area contributed by atoms with E-state index in [1.165, 1.54) is 4.31 Å². The predicted molar refractivity (Wildman–Crippen MR) is 71.3 cm³/mol. The summed E-state index contributed by atoms with van der Waals surface area (Å²) in [6.45, 7) is 2.46. The molecule has 0 spiro atoms. The van der Waals surface area contributed by atoms with E-state index in [-0.39, 0.29) is 17.6 Å². The topological polar surface area (TPSA) is 66.8 Å². The quantitative estimate of drug-likeness (QED) is 0.892. The minimum absolute atomic E-state index is 0.0314. The summed E-state index contributed by atoms with van der Waals surface area (Å²) in [4.78, 5) is 0.274. The van der Waals surface area contributed by atoms with Gasteiger partial charge in [-0.05, 0) is 30.5 Å². The predicted octanol–water partition coefficient (Wildman–Crippen LogP) is 0.897. The Morgan fingerprint density at radius 2 is 2.21 bits per heavy atom. The van der Waals surface area contributed by atoms with Gasteiger partial charge < -0.3 is 9.84 Å². The van der Waals surface area contributed by atoms with Gasteiger partial charge in [0.1, 0.15) is 0 Å². The minimum atomic E-state index is -3.50. The van der Waals surface area contributed by atoms with Crippen molar-refractivity contribution < 1.29 is 18.3 Å². The first-order chi connectivity index (χ1) is 8.98. The van der Waals surface area contributed by atoms with Crippen molar-refractivity contribution in [2.24, 2.45) is 0 Å². The minimum Gasteiger partial charge on any atom is -0.392 e. The molecule has 1 unspecified atom stereocenters. The van der Waals surface area contributed by atoms with E-state index in [2.05, 4.69) is 0 Å². The smallest absolute Gasteiger partial charge is 0.243 e. The molecule has 1 saturated heterocycles. The van der Waals surface area contributed by atoms with Crippen molar-refractivity contribution in [1.82, 2.24) is 4.31 Å². The van der Waals surface area contributed by atoms with Gasteiger partial charge in [0.2, 0.25) is 10.0 Å². The van der Waals surface area contributed by atoms with Gasteiger partial charge in [0, 0.05) is 20.2 Å². The number of ether oxygens (including phenoxy) is 1. The summed E-state index contributed by atoms with van der Waals surface area (Å²) in [5.74, 6) is 0. The molecule has 0 saturated carbocycles. The fourth-order valence-electron chi connectivity index (χ4n) is 2.27. The number of aryl methyl sites for hydroxylation is 1. The van der Waals surface area contributed by atoms with Gasteiger partial charge in [-0.15, -0.1) is 0 Å². The lowest BCUT2D eigenvalue weighted by atomic mass is 10.2. The Bertz CT molecular complexity index is 556. The summed E-state index contributed by atoms with van der Waals surface area (Å²) in [7, 11) is -1.91. The summed E-state index contributed by atoms with van der Waals surface area (Å²) < 4.78 is 31.8. The molecule has 2 rings (SSSR count). The number of hydrogen-bond acceptors (Lipinski definition) is 4. The zero-order valence-corrected chi connectivity index (χ0v) is 12.0. The van der Waals surface area contributed by atoms with Crippen molar-refractivity contribution in [2.45, 2.75) is 31.0 Å². The number of benzene rings is 1. The average Bonchev–Trinajstić information content (AvgIpc) is 2.88. The summed E-state index contributed by atoms with van der Waals surface area (Å²) in [6, 6.07) is 5.00. The van der Waals surface area contributed by atoms with Crippen LogP contribution in [0.3, 0.4) is 0 Å². The third-order valence-electron chi connectivity index (χ3n) is 3.49. The highest BCUT2D eigenvalue weighted by molar-refractivity contribution is 7.89. The summed E-state index contributed by atoms with van der Waals surface area (Å²) in [6.07, 6.45) is 0.685. The second-order valence-electron chi connectivity index (χ2n) is 4.77. The van der Waals surface area contributed by atoms with Crippen molar-refractivity contribution >= 4 is 10.0 Å². The van der Waals surface area contributed by atoms with Crippen LogP contribution in [0.4, 0.5) is 0 Å². The maximum Gasteiger partial charge on any atom is 0.243 e. The van der Waals surface area contributed by atoms with Crippen LogP contribution in [0.15, 0.2) is 23.1 Å². The van der Waals surface area contributed by atoms with Gasteiger partial charge in [-0.3, -0.25) is 0 Å². The normalized spacial score (nSPS) is 20.9. The lowest BCUT2D eigenvalue weighted by Gasteiger charge is -2.18. The number of aliphatic hydroxyl groups is 1. The van der Waals surface area contributed by atoms with Gasteiger partial charge >= 0.3 is 0 Å². The molecule has 1 aliphatic rings. The number of sulfonamides is 1. The van der Waals surface area contributed by atoms with E-state index in [0.29, 0.717) is 30.6 Å². The molecule has 1 fully saturated rings. The highest BCUT2D eigenvalue weighted by Crippen LogP contribution is 2.25. The van der Waals surface area contributed by atoms with Crippen LogP contribution in [0.5, 0.6) is 0 Å². The lowest BCUT2D eigenvalue weighted by Crippen LogP contribution is -2.30. The van der Waals surface area contributed by atoms with E-state index in [1.54, 1.807) is 32.2 Å². The molecule has 1 atom stereocenters. The third-order valence-corrected chi connectivity index (χ3v) is 5.50. The van der Waals surface area contributed by atoms with Crippen molar-refractivity contribution in [3.05, 3.63) is 29.3 Å². The Morgan fingerprint density at radius 3 is 2.79 bits per heavy atom. The standard InChI is InChI=1S/C13H19NO4S/c1-10-3-4-11(9-15)7-13(10)19(16,17)14-6-5-12(8-14)18-2/h3-4,7,12,15H,5-6,8-9H2,1-2H3. The van der Waals surface area contributed by atoms with Crippen molar-refractivity contribution in [3.8, 4) is 0 Å². The number of methoxy groups -OCH3 is 1. The molecule has 0 amide bonds. The van der Waals surface area contributed by atoms with Crippen molar-refractivity contribution in [3.63, 3.8) is 0 Å². The van der Waals surface area contributed by atoms with E-state index in [4.69, 9.17) is 9.84 Å². The molecule has 1 N–H and O–H groups in total. The highest BCUT2D eigenvalue weighted by Gasteiger charge is 2.33. The monoisotopic (exact) mass is 285 g/mol. The van der Waals surface area contributed by atoms with Crippen LogP contribution in [-0.4, -0.2) is 44.1 Å². The van der Waals surface area contributed by atoms with E-state index in [9.17, 15) is 8.42 Å². The summed E-state index contributed by atoms with van der Waals surface area (Å²) in [5.41, 5.74) is 1.30.